The molecule has 1 N–H and O–H groups in total. The highest BCUT2D eigenvalue weighted by molar-refractivity contribution is 6.04. The zero-order valence-electron chi connectivity index (χ0n) is 23.0. The number of benzene rings is 3. The lowest BCUT2D eigenvalue weighted by atomic mass is 9.73. The van der Waals surface area contributed by atoms with Gasteiger partial charge < -0.3 is 19.7 Å². The molecule has 0 unspecified atom stereocenters. The highest BCUT2D eigenvalue weighted by Gasteiger charge is 2.39. The van der Waals surface area contributed by atoms with Crippen LogP contribution in [0.5, 0.6) is 5.75 Å². The van der Waals surface area contributed by atoms with Gasteiger partial charge in [-0.3, -0.25) is 4.79 Å². The number of hydrogen-bond acceptors (Lipinski definition) is 6. The molecule has 7 nitrogen and oxygen atoms in total. The Kier molecular flexibility index (Phi) is 8.68. The molecule has 3 aromatic rings. The molecule has 1 aliphatic heterocycles. The fraction of sp³-hybridized carbons (Fsp3) is 0.344. The minimum absolute atomic E-state index is 0.251. The average molecular weight is 526 g/mol. The topological polar surface area (TPSA) is 91.7 Å². The van der Waals surface area contributed by atoms with Crippen molar-refractivity contribution in [2.75, 3.05) is 32.1 Å². The number of carbonyl (C=O) groups is 2. The summed E-state index contributed by atoms with van der Waals surface area (Å²) in [6, 6.07) is 22.9. The Bertz CT molecular complexity index is 1370. The van der Waals surface area contributed by atoms with Crippen LogP contribution in [0, 0.1) is 11.3 Å². The van der Waals surface area contributed by atoms with Gasteiger partial charge >= 0.3 is 5.97 Å². The van der Waals surface area contributed by atoms with Crippen LogP contribution in [0.3, 0.4) is 0 Å². The number of piperidine rings is 1. The quantitative estimate of drug-likeness (QED) is 0.360. The maximum Gasteiger partial charge on any atom is 0.338 e. The van der Waals surface area contributed by atoms with Gasteiger partial charge in [0.15, 0.2) is 0 Å². The SMILES string of the molecule is CCOC(=O)c1cccc(-c2ccc(C(=O)Nc3ccc(OC)c(C4(C#N)CCN(C(C)C)CC4)c3)cc2)c1. The predicted molar refractivity (Wildman–Crippen MR) is 152 cm³/mol. The number of rotatable bonds is 8. The summed E-state index contributed by atoms with van der Waals surface area (Å²) in [6.07, 6.45) is 1.41. The van der Waals surface area contributed by atoms with E-state index in [1.165, 1.54) is 0 Å². The monoisotopic (exact) mass is 525 g/mol. The Balaban J connectivity index is 1.52. The van der Waals surface area contributed by atoms with E-state index in [1.807, 2.05) is 36.4 Å². The molecule has 202 valence electrons. The molecule has 0 spiro atoms. The van der Waals surface area contributed by atoms with Crippen molar-refractivity contribution in [3.8, 4) is 22.9 Å². The molecule has 39 heavy (non-hydrogen) atoms. The summed E-state index contributed by atoms with van der Waals surface area (Å²) in [5.41, 5.74) is 3.48. The van der Waals surface area contributed by atoms with Crippen LogP contribution in [0.2, 0.25) is 0 Å². The molecule has 0 atom stereocenters. The van der Waals surface area contributed by atoms with Gasteiger partial charge in [-0.2, -0.15) is 5.26 Å². The zero-order valence-corrected chi connectivity index (χ0v) is 23.0. The van der Waals surface area contributed by atoms with Crippen molar-refractivity contribution in [2.24, 2.45) is 0 Å². The molecule has 3 aromatic carbocycles. The molecule has 1 fully saturated rings. The Morgan fingerprint density at radius 3 is 2.33 bits per heavy atom. The van der Waals surface area contributed by atoms with E-state index in [0.29, 0.717) is 48.1 Å². The molecular weight excluding hydrogens is 490 g/mol. The zero-order chi connectivity index (χ0) is 28.0. The highest BCUT2D eigenvalue weighted by atomic mass is 16.5. The number of esters is 1. The van der Waals surface area contributed by atoms with E-state index in [2.05, 4.69) is 30.1 Å². The van der Waals surface area contributed by atoms with E-state index in [-0.39, 0.29) is 11.9 Å². The van der Waals surface area contributed by atoms with Gasteiger partial charge in [-0.05, 0) is 87.2 Å². The van der Waals surface area contributed by atoms with Crippen LogP contribution in [0.1, 0.15) is 59.9 Å². The summed E-state index contributed by atoms with van der Waals surface area (Å²) >= 11 is 0. The molecule has 4 rings (SSSR count). The molecule has 1 saturated heterocycles. The number of ether oxygens (including phenoxy) is 2. The molecule has 0 bridgehead atoms. The number of amides is 1. The fourth-order valence-corrected chi connectivity index (χ4v) is 5.08. The third-order valence-electron chi connectivity index (χ3n) is 7.42. The van der Waals surface area contributed by atoms with Crippen molar-refractivity contribution in [1.82, 2.24) is 4.90 Å². The number of hydrogen-bond donors (Lipinski definition) is 1. The number of nitriles is 1. The maximum atomic E-state index is 13.1. The Hall–Kier alpha value is -4.15. The van der Waals surface area contributed by atoms with Crippen LogP contribution in [0.4, 0.5) is 5.69 Å². The molecule has 0 aromatic heterocycles. The summed E-state index contributed by atoms with van der Waals surface area (Å²) in [5, 5.41) is 13.2. The van der Waals surface area contributed by atoms with E-state index in [9.17, 15) is 14.9 Å². The molecule has 0 saturated carbocycles. The predicted octanol–water partition coefficient (Wildman–Crippen LogP) is 6.06. The van der Waals surface area contributed by atoms with Crippen molar-refractivity contribution < 1.29 is 19.1 Å². The minimum atomic E-state index is -0.669. The Morgan fingerprint density at radius 2 is 1.72 bits per heavy atom. The van der Waals surface area contributed by atoms with Crippen LogP contribution in [0.15, 0.2) is 66.7 Å². The van der Waals surface area contributed by atoms with Gasteiger partial charge in [-0.15, -0.1) is 0 Å². The summed E-state index contributed by atoms with van der Waals surface area (Å²) < 4.78 is 10.7. The summed E-state index contributed by atoms with van der Waals surface area (Å²) in [7, 11) is 1.61. The first-order chi connectivity index (χ1) is 18.8. The standard InChI is InChI=1S/C32H35N3O4/c1-5-39-31(37)26-8-6-7-25(19-26)23-9-11-24(12-10-23)30(36)34-27-13-14-29(38-4)28(20-27)32(21-33)15-17-35(18-16-32)22(2)3/h6-14,19-20,22H,5,15-18H2,1-4H3,(H,34,36). The smallest absolute Gasteiger partial charge is 0.338 e. The van der Waals surface area contributed by atoms with Crippen molar-refractivity contribution in [1.29, 1.82) is 5.26 Å². The summed E-state index contributed by atoms with van der Waals surface area (Å²) in [4.78, 5) is 27.6. The Morgan fingerprint density at radius 1 is 1.00 bits per heavy atom. The average Bonchev–Trinajstić information content (AvgIpc) is 2.97. The molecule has 0 radical (unpaired) electrons. The lowest BCUT2D eigenvalue weighted by molar-refractivity contribution is 0.0526. The van der Waals surface area contributed by atoms with Gasteiger partial charge in [0, 0.05) is 35.9 Å². The van der Waals surface area contributed by atoms with Gasteiger partial charge in [0.1, 0.15) is 5.75 Å². The first-order valence-electron chi connectivity index (χ1n) is 13.3. The van der Waals surface area contributed by atoms with E-state index in [4.69, 9.17) is 9.47 Å². The lowest BCUT2D eigenvalue weighted by Crippen LogP contribution is -2.44. The van der Waals surface area contributed by atoms with E-state index in [1.54, 1.807) is 44.4 Å². The van der Waals surface area contributed by atoms with Crippen LogP contribution >= 0.6 is 0 Å². The molecule has 1 amide bonds. The first kappa shape index (κ1) is 27.9. The molecule has 0 aliphatic carbocycles. The number of nitrogens with zero attached hydrogens (tertiary/aromatic N) is 2. The van der Waals surface area contributed by atoms with E-state index in [0.717, 1.165) is 29.8 Å². The highest BCUT2D eigenvalue weighted by Crippen LogP contribution is 2.41. The van der Waals surface area contributed by atoms with Crippen molar-refractivity contribution in [3.05, 3.63) is 83.4 Å². The number of nitrogens with one attached hydrogen (secondary N) is 1. The third-order valence-corrected chi connectivity index (χ3v) is 7.42. The Labute approximate surface area is 230 Å². The van der Waals surface area contributed by atoms with Crippen molar-refractivity contribution in [3.63, 3.8) is 0 Å². The normalized spacial score (nSPS) is 14.9. The second-order valence-corrected chi connectivity index (χ2v) is 10.1. The molecule has 1 aliphatic rings. The number of anilines is 1. The first-order valence-corrected chi connectivity index (χ1v) is 13.3. The summed E-state index contributed by atoms with van der Waals surface area (Å²) in [5.74, 6) is 0.0402. The van der Waals surface area contributed by atoms with E-state index < -0.39 is 5.41 Å². The minimum Gasteiger partial charge on any atom is -0.496 e. The molecule has 7 heteroatoms. The van der Waals surface area contributed by atoms with Crippen LogP contribution in [-0.4, -0.2) is 49.6 Å². The third kappa shape index (κ3) is 6.13. The van der Waals surface area contributed by atoms with Gasteiger partial charge in [0.05, 0.1) is 30.8 Å². The van der Waals surface area contributed by atoms with E-state index >= 15 is 0 Å². The summed E-state index contributed by atoms with van der Waals surface area (Å²) in [6.45, 7) is 8.10. The van der Waals surface area contributed by atoms with Crippen LogP contribution < -0.4 is 10.1 Å². The number of methoxy groups -OCH3 is 1. The maximum absolute atomic E-state index is 13.1. The van der Waals surface area contributed by atoms with Gasteiger partial charge in [-0.1, -0.05) is 24.3 Å². The fourth-order valence-electron chi connectivity index (χ4n) is 5.08. The van der Waals surface area contributed by atoms with Crippen LogP contribution in [0.25, 0.3) is 11.1 Å². The van der Waals surface area contributed by atoms with Crippen molar-refractivity contribution in [2.45, 2.75) is 45.1 Å². The molecular formula is C32H35N3O4. The van der Waals surface area contributed by atoms with Crippen molar-refractivity contribution >= 4 is 17.6 Å². The molecule has 1 heterocycles. The number of likely N-dealkylation sites (tertiary alicyclic amines) is 1. The lowest BCUT2D eigenvalue weighted by Gasteiger charge is -2.40. The van der Waals surface area contributed by atoms with Crippen LogP contribution in [-0.2, 0) is 10.2 Å². The van der Waals surface area contributed by atoms with Gasteiger partial charge in [-0.25, -0.2) is 4.79 Å². The van der Waals surface area contributed by atoms with Gasteiger partial charge in [0.2, 0.25) is 0 Å². The second-order valence-electron chi connectivity index (χ2n) is 10.1. The van der Waals surface area contributed by atoms with Gasteiger partial charge in [0.25, 0.3) is 5.91 Å². The largest absolute Gasteiger partial charge is 0.496 e. The number of carbonyl (C=O) groups excluding carboxylic acids is 2. The second kappa shape index (κ2) is 12.1.